The molecular weight excluding hydrogens is 459 g/mol. The Morgan fingerprint density at radius 1 is 0.625 bits per heavy atom. The molecule has 4 rings (SSSR count). The Kier molecular flexibility index (Phi) is 5.66. The van der Waals surface area contributed by atoms with Crippen LogP contribution in [0.25, 0.3) is 11.4 Å². The lowest BCUT2D eigenvalue weighted by molar-refractivity contribution is -0.117. The fraction of sp³-hybridized carbons (Fsp3) is 0.182. The van der Waals surface area contributed by atoms with Crippen molar-refractivity contribution in [1.82, 2.24) is 10.6 Å². The van der Waals surface area contributed by atoms with Crippen molar-refractivity contribution in [3.05, 3.63) is 56.6 Å². The van der Waals surface area contributed by atoms with E-state index in [1.807, 2.05) is 0 Å². The Morgan fingerprint density at radius 3 is 1.31 bits per heavy atom. The van der Waals surface area contributed by atoms with E-state index in [0.717, 1.165) is 0 Å². The number of rotatable bonds is 6. The van der Waals surface area contributed by atoms with Gasteiger partial charge in [-0.05, 0) is 24.3 Å². The number of benzene rings is 2. The van der Waals surface area contributed by atoms with E-state index < -0.39 is 11.8 Å². The molecule has 2 aromatic rings. The van der Waals surface area contributed by atoms with Crippen LogP contribution in [0.4, 0.5) is 0 Å². The lowest BCUT2D eigenvalue weighted by Gasteiger charge is -2.14. The summed E-state index contributed by atoms with van der Waals surface area (Å²) in [6.07, 6.45) is 0. The molecule has 0 aliphatic carbocycles. The third-order valence-corrected chi connectivity index (χ3v) is 5.69. The molecule has 0 spiro atoms. The van der Waals surface area contributed by atoms with E-state index in [9.17, 15) is 9.59 Å². The Bertz CT molecular complexity index is 1140. The van der Waals surface area contributed by atoms with Crippen molar-refractivity contribution in [3.8, 4) is 23.0 Å². The van der Waals surface area contributed by atoms with Crippen molar-refractivity contribution >= 4 is 46.4 Å². The lowest BCUT2D eigenvalue weighted by atomic mass is 10.0. The second kappa shape index (κ2) is 8.29. The van der Waals surface area contributed by atoms with Crippen LogP contribution < -0.4 is 29.6 Å². The second-order valence-corrected chi connectivity index (χ2v) is 7.61. The number of carbonyl (C=O) groups excluding carboxylic acids is 2. The summed E-state index contributed by atoms with van der Waals surface area (Å²) >= 11 is 12.6. The van der Waals surface area contributed by atoms with E-state index in [1.54, 1.807) is 24.3 Å². The van der Waals surface area contributed by atoms with Crippen LogP contribution in [-0.2, 0) is 9.59 Å². The maximum Gasteiger partial charge on any atom is 0.258 e. The normalized spacial score (nSPS) is 14.9. The van der Waals surface area contributed by atoms with Crippen molar-refractivity contribution in [3.63, 3.8) is 0 Å². The Morgan fingerprint density at radius 2 is 1.00 bits per heavy atom. The summed E-state index contributed by atoms with van der Waals surface area (Å²) < 4.78 is 21.2. The number of methoxy groups -OCH3 is 4. The zero-order valence-electron chi connectivity index (χ0n) is 17.5. The van der Waals surface area contributed by atoms with Gasteiger partial charge in [-0.15, -0.1) is 0 Å². The standard InChI is InChI=1S/C22H18Cl2N2O6/c1-29-13-7-9(5-11(23)19(13)31-3)17-15-16(22(28)25-17)18(26-21(15)27)10-6-12(24)20(32-4)14(8-10)30-2/h5-8H,1-4H3,(H,25,28)(H,26,27). The molecule has 2 amide bonds. The molecule has 0 saturated carbocycles. The third-order valence-electron chi connectivity index (χ3n) is 5.13. The SMILES string of the molecule is COc1cc(C2=C3C(=O)NC(c4cc(Cl)c(OC)c(OC)c4)=C3C(=O)N2)cc(Cl)c1OC. The second-order valence-electron chi connectivity index (χ2n) is 6.80. The maximum absolute atomic E-state index is 12.9. The number of fused-ring (bicyclic) bond motifs is 1. The van der Waals surface area contributed by atoms with Gasteiger partial charge in [-0.25, -0.2) is 0 Å². The monoisotopic (exact) mass is 476 g/mol. The predicted molar refractivity (Wildman–Crippen MR) is 119 cm³/mol. The molecule has 2 N–H and O–H groups in total. The molecule has 0 bridgehead atoms. The molecule has 0 aromatic heterocycles. The van der Waals surface area contributed by atoms with Gasteiger partial charge in [0.15, 0.2) is 23.0 Å². The minimum Gasteiger partial charge on any atom is -0.493 e. The van der Waals surface area contributed by atoms with Gasteiger partial charge in [0.05, 0.1) is 61.0 Å². The molecule has 2 aliphatic rings. The molecule has 32 heavy (non-hydrogen) atoms. The summed E-state index contributed by atoms with van der Waals surface area (Å²) in [6.45, 7) is 0. The highest BCUT2D eigenvalue weighted by Gasteiger charge is 2.41. The molecule has 10 heteroatoms. The summed E-state index contributed by atoms with van der Waals surface area (Å²) in [6, 6.07) is 6.45. The average molecular weight is 477 g/mol. The van der Waals surface area contributed by atoms with Gasteiger partial charge in [0.1, 0.15) is 0 Å². The molecule has 8 nitrogen and oxygen atoms in total. The van der Waals surface area contributed by atoms with Crippen LogP contribution in [-0.4, -0.2) is 40.3 Å². The van der Waals surface area contributed by atoms with Crippen LogP contribution in [0, 0.1) is 0 Å². The number of carbonyl (C=O) groups is 2. The highest BCUT2D eigenvalue weighted by atomic mass is 35.5. The van der Waals surface area contributed by atoms with Gasteiger partial charge in [-0.2, -0.15) is 0 Å². The van der Waals surface area contributed by atoms with E-state index in [-0.39, 0.29) is 21.2 Å². The van der Waals surface area contributed by atoms with Gasteiger partial charge >= 0.3 is 0 Å². The van der Waals surface area contributed by atoms with Crippen LogP contribution in [0.1, 0.15) is 11.1 Å². The quantitative estimate of drug-likeness (QED) is 0.663. The summed E-state index contributed by atoms with van der Waals surface area (Å²) in [5.41, 5.74) is 2.00. The Balaban J connectivity index is 1.90. The van der Waals surface area contributed by atoms with E-state index in [0.29, 0.717) is 45.5 Å². The first kappa shape index (κ1) is 21.9. The first-order chi connectivity index (χ1) is 15.3. The first-order valence-corrected chi connectivity index (χ1v) is 10.1. The summed E-state index contributed by atoms with van der Waals surface area (Å²) in [5, 5.41) is 6.06. The Hall–Kier alpha value is -3.36. The number of halogens is 2. The molecule has 0 radical (unpaired) electrons. The topological polar surface area (TPSA) is 95.1 Å². The van der Waals surface area contributed by atoms with Crippen molar-refractivity contribution < 1.29 is 28.5 Å². The number of ether oxygens (including phenoxy) is 4. The molecule has 166 valence electrons. The van der Waals surface area contributed by atoms with Gasteiger partial charge in [0.25, 0.3) is 11.8 Å². The number of hydrogen-bond donors (Lipinski definition) is 2. The largest absolute Gasteiger partial charge is 0.493 e. The Labute approximate surface area is 193 Å². The molecule has 0 saturated heterocycles. The first-order valence-electron chi connectivity index (χ1n) is 9.30. The van der Waals surface area contributed by atoms with E-state index >= 15 is 0 Å². The van der Waals surface area contributed by atoms with Crippen molar-refractivity contribution in [2.45, 2.75) is 0 Å². The van der Waals surface area contributed by atoms with Crippen LogP contribution in [0.3, 0.4) is 0 Å². The average Bonchev–Trinajstić information content (AvgIpc) is 3.30. The highest BCUT2D eigenvalue weighted by Crippen LogP contribution is 2.44. The lowest BCUT2D eigenvalue weighted by Crippen LogP contribution is -2.21. The zero-order chi connectivity index (χ0) is 23.2. The minimum absolute atomic E-state index is 0.194. The van der Waals surface area contributed by atoms with Gasteiger partial charge in [0.2, 0.25) is 0 Å². The van der Waals surface area contributed by atoms with Gasteiger partial charge in [0, 0.05) is 11.1 Å². The van der Waals surface area contributed by atoms with E-state index in [2.05, 4.69) is 10.6 Å². The molecule has 2 aliphatic heterocycles. The van der Waals surface area contributed by atoms with Gasteiger partial charge < -0.3 is 29.6 Å². The van der Waals surface area contributed by atoms with E-state index in [4.69, 9.17) is 42.1 Å². The van der Waals surface area contributed by atoms with Crippen LogP contribution in [0.5, 0.6) is 23.0 Å². The predicted octanol–water partition coefficient (Wildman–Crippen LogP) is 3.41. The smallest absolute Gasteiger partial charge is 0.258 e. The van der Waals surface area contributed by atoms with Gasteiger partial charge in [-0.1, -0.05) is 23.2 Å². The highest BCUT2D eigenvalue weighted by molar-refractivity contribution is 6.34. The van der Waals surface area contributed by atoms with Crippen LogP contribution in [0.2, 0.25) is 10.0 Å². The van der Waals surface area contributed by atoms with Gasteiger partial charge in [-0.3, -0.25) is 9.59 Å². The molecule has 0 unspecified atom stereocenters. The number of amides is 2. The van der Waals surface area contributed by atoms with E-state index in [1.165, 1.54) is 28.4 Å². The fourth-order valence-electron chi connectivity index (χ4n) is 3.74. The zero-order valence-corrected chi connectivity index (χ0v) is 19.0. The summed E-state index contributed by atoms with van der Waals surface area (Å²) in [7, 11) is 5.87. The maximum atomic E-state index is 12.9. The number of nitrogens with one attached hydrogen (secondary N) is 2. The number of hydrogen-bond acceptors (Lipinski definition) is 6. The summed E-state index contributed by atoms with van der Waals surface area (Å²) in [4.78, 5) is 25.8. The van der Waals surface area contributed by atoms with Crippen molar-refractivity contribution in [2.24, 2.45) is 0 Å². The van der Waals surface area contributed by atoms with Crippen molar-refractivity contribution in [2.75, 3.05) is 28.4 Å². The third kappa shape index (κ3) is 3.32. The molecule has 0 fully saturated rings. The molecule has 2 aromatic carbocycles. The molecule has 0 atom stereocenters. The van der Waals surface area contributed by atoms with Crippen molar-refractivity contribution in [1.29, 1.82) is 0 Å². The minimum atomic E-state index is -0.444. The molecular formula is C22H18Cl2N2O6. The molecule has 2 heterocycles. The van der Waals surface area contributed by atoms with Crippen LogP contribution >= 0.6 is 23.2 Å². The summed E-state index contributed by atoms with van der Waals surface area (Å²) in [5.74, 6) is 0.528. The van der Waals surface area contributed by atoms with Crippen LogP contribution in [0.15, 0.2) is 35.4 Å². The fourth-order valence-corrected chi connectivity index (χ4v) is 4.31.